The molecule has 0 aliphatic carbocycles. The number of Topliss-reactive ketones (excluding diaryl/α,β-unsaturated/α-hetero) is 2. The summed E-state index contributed by atoms with van der Waals surface area (Å²) < 4.78 is 5.00. The van der Waals surface area contributed by atoms with E-state index in [1.165, 1.54) is 0 Å². The van der Waals surface area contributed by atoms with Crippen LogP contribution in [0.2, 0.25) is 0 Å². The second-order valence-electron chi connectivity index (χ2n) is 3.22. The molecule has 0 aliphatic rings. The zero-order chi connectivity index (χ0) is 11.3. The average Bonchev–Trinajstić information content (AvgIpc) is 2.28. The Hall–Kier alpha value is -1.64. The van der Waals surface area contributed by atoms with Crippen molar-refractivity contribution >= 4 is 11.6 Å². The average molecular weight is 206 g/mol. The Morgan fingerprint density at radius 2 is 2.07 bits per heavy atom. The summed E-state index contributed by atoms with van der Waals surface area (Å²) in [7, 11) is 1.54. The fourth-order valence-electron chi connectivity index (χ4n) is 1.20. The van der Waals surface area contributed by atoms with Crippen molar-refractivity contribution in [1.82, 2.24) is 0 Å². The molecular weight excluding hydrogens is 192 g/mol. The number of hydrogen-bond acceptors (Lipinski definition) is 3. The van der Waals surface area contributed by atoms with Gasteiger partial charge in [-0.2, -0.15) is 0 Å². The van der Waals surface area contributed by atoms with Crippen molar-refractivity contribution in [2.45, 2.75) is 19.8 Å². The van der Waals surface area contributed by atoms with E-state index in [1.807, 2.05) is 0 Å². The summed E-state index contributed by atoms with van der Waals surface area (Å²) in [6.07, 6.45) is 0.374. The van der Waals surface area contributed by atoms with Gasteiger partial charge in [0.15, 0.2) is 5.78 Å². The highest BCUT2D eigenvalue weighted by Gasteiger charge is 2.10. The first-order valence-corrected chi connectivity index (χ1v) is 4.86. The minimum atomic E-state index is -0.152. The lowest BCUT2D eigenvalue weighted by Crippen LogP contribution is -2.06. The van der Waals surface area contributed by atoms with Gasteiger partial charge in [0.25, 0.3) is 0 Å². The van der Waals surface area contributed by atoms with Crippen LogP contribution in [-0.2, 0) is 4.79 Å². The summed E-state index contributed by atoms with van der Waals surface area (Å²) in [6, 6.07) is 6.83. The molecule has 80 valence electrons. The molecule has 0 fully saturated rings. The van der Waals surface area contributed by atoms with Gasteiger partial charge in [0.2, 0.25) is 0 Å². The van der Waals surface area contributed by atoms with Crippen LogP contribution in [0.3, 0.4) is 0 Å². The van der Waals surface area contributed by atoms with E-state index in [1.54, 1.807) is 38.3 Å². The van der Waals surface area contributed by atoms with Crippen molar-refractivity contribution in [3.05, 3.63) is 29.8 Å². The first-order valence-electron chi connectivity index (χ1n) is 4.86. The minimum absolute atomic E-state index is 0.0241. The van der Waals surface area contributed by atoms with Gasteiger partial charge in [-0.05, 0) is 12.1 Å². The summed E-state index contributed by atoms with van der Waals surface area (Å²) in [5.41, 5.74) is 0.524. The lowest BCUT2D eigenvalue weighted by molar-refractivity contribution is -0.117. The van der Waals surface area contributed by atoms with Gasteiger partial charge in [0, 0.05) is 12.0 Å². The molecule has 0 unspecified atom stereocenters. The maximum atomic E-state index is 11.6. The summed E-state index contributed by atoms with van der Waals surface area (Å²) in [5, 5.41) is 0. The van der Waals surface area contributed by atoms with Crippen LogP contribution in [0.15, 0.2) is 24.3 Å². The van der Waals surface area contributed by atoms with Crippen LogP contribution >= 0.6 is 0 Å². The van der Waals surface area contributed by atoms with Gasteiger partial charge in [-0.1, -0.05) is 19.1 Å². The fourth-order valence-corrected chi connectivity index (χ4v) is 1.20. The zero-order valence-corrected chi connectivity index (χ0v) is 8.95. The smallest absolute Gasteiger partial charge is 0.170 e. The van der Waals surface area contributed by atoms with Crippen molar-refractivity contribution in [2.75, 3.05) is 7.11 Å². The Morgan fingerprint density at radius 1 is 1.33 bits per heavy atom. The third-order valence-electron chi connectivity index (χ3n) is 2.14. The van der Waals surface area contributed by atoms with Gasteiger partial charge >= 0.3 is 0 Å². The van der Waals surface area contributed by atoms with E-state index < -0.39 is 0 Å². The highest BCUT2D eigenvalue weighted by atomic mass is 16.5. The monoisotopic (exact) mass is 206 g/mol. The summed E-state index contributed by atoms with van der Waals surface area (Å²) >= 11 is 0. The second-order valence-corrected chi connectivity index (χ2v) is 3.22. The van der Waals surface area contributed by atoms with E-state index >= 15 is 0 Å². The molecule has 1 aromatic rings. The standard InChI is InChI=1S/C12H14O3/c1-3-10(13)8-12(14)9-5-4-6-11(7-9)15-2/h4-7H,3,8H2,1-2H3. The molecule has 0 amide bonds. The highest BCUT2D eigenvalue weighted by Crippen LogP contribution is 2.14. The number of rotatable bonds is 5. The van der Waals surface area contributed by atoms with Crippen molar-refractivity contribution in [3.8, 4) is 5.75 Å². The number of hydrogen-bond donors (Lipinski definition) is 0. The molecule has 0 radical (unpaired) electrons. The number of carbonyl (C=O) groups is 2. The number of carbonyl (C=O) groups excluding carboxylic acids is 2. The molecule has 0 N–H and O–H groups in total. The summed E-state index contributed by atoms with van der Waals surface area (Å²) in [6.45, 7) is 1.75. The number of ketones is 2. The Labute approximate surface area is 89.1 Å². The summed E-state index contributed by atoms with van der Waals surface area (Å²) in [4.78, 5) is 22.7. The van der Waals surface area contributed by atoms with Gasteiger partial charge in [-0.15, -0.1) is 0 Å². The Bertz CT molecular complexity index is 369. The lowest BCUT2D eigenvalue weighted by atomic mass is 10.0. The minimum Gasteiger partial charge on any atom is -0.497 e. The predicted octanol–water partition coefficient (Wildman–Crippen LogP) is 2.25. The molecule has 0 atom stereocenters. The molecular formula is C12H14O3. The molecule has 3 nitrogen and oxygen atoms in total. The SMILES string of the molecule is CCC(=O)CC(=O)c1cccc(OC)c1. The number of ether oxygens (including phenoxy) is 1. The molecule has 0 aliphatic heterocycles. The molecule has 0 aromatic heterocycles. The normalized spacial score (nSPS) is 9.73. The van der Waals surface area contributed by atoms with Crippen LogP contribution < -0.4 is 4.74 Å². The molecule has 1 aromatic carbocycles. The first kappa shape index (κ1) is 11.4. The van der Waals surface area contributed by atoms with E-state index in [0.717, 1.165) is 0 Å². The first-order chi connectivity index (χ1) is 7.17. The van der Waals surface area contributed by atoms with E-state index in [4.69, 9.17) is 4.74 Å². The van der Waals surface area contributed by atoms with Crippen LogP contribution in [0.25, 0.3) is 0 Å². The third-order valence-corrected chi connectivity index (χ3v) is 2.14. The Balaban J connectivity index is 2.77. The number of methoxy groups -OCH3 is 1. The molecule has 15 heavy (non-hydrogen) atoms. The van der Waals surface area contributed by atoms with Crippen LogP contribution in [0.1, 0.15) is 30.1 Å². The van der Waals surface area contributed by atoms with Crippen molar-refractivity contribution in [2.24, 2.45) is 0 Å². The van der Waals surface area contributed by atoms with Gasteiger partial charge in [0.1, 0.15) is 11.5 Å². The number of benzene rings is 1. The zero-order valence-electron chi connectivity index (χ0n) is 8.95. The van der Waals surface area contributed by atoms with E-state index in [2.05, 4.69) is 0 Å². The largest absolute Gasteiger partial charge is 0.497 e. The van der Waals surface area contributed by atoms with E-state index in [-0.39, 0.29) is 18.0 Å². The van der Waals surface area contributed by atoms with Gasteiger partial charge < -0.3 is 4.74 Å². The van der Waals surface area contributed by atoms with Crippen molar-refractivity contribution in [3.63, 3.8) is 0 Å². The highest BCUT2D eigenvalue weighted by molar-refractivity contribution is 6.08. The van der Waals surface area contributed by atoms with Crippen LogP contribution in [-0.4, -0.2) is 18.7 Å². The topological polar surface area (TPSA) is 43.4 Å². The quantitative estimate of drug-likeness (QED) is 0.548. The van der Waals surface area contributed by atoms with Crippen LogP contribution in [0.4, 0.5) is 0 Å². The molecule has 1 rings (SSSR count). The molecule has 0 bridgehead atoms. The summed E-state index contributed by atoms with van der Waals surface area (Å²) in [5.74, 6) is 0.438. The predicted molar refractivity (Wildman–Crippen MR) is 57.2 cm³/mol. The van der Waals surface area contributed by atoms with Gasteiger partial charge in [0.05, 0.1) is 13.5 Å². The maximum Gasteiger partial charge on any atom is 0.170 e. The van der Waals surface area contributed by atoms with Crippen LogP contribution in [0.5, 0.6) is 5.75 Å². The molecule has 0 saturated carbocycles. The third kappa shape index (κ3) is 3.20. The molecule has 3 heteroatoms. The Kier molecular flexibility index (Phi) is 4.03. The van der Waals surface area contributed by atoms with Gasteiger partial charge in [-0.3, -0.25) is 9.59 Å². The molecule has 0 saturated heterocycles. The van der Waals surface area contributed by atoms with E-state index in [9.17, 15) is 9.59 Å². The second kappa shape index (κ2) is 5.29. The van der Waals surface area contributed by atoms with Crippen molar-refractivity contribution in [1.29, 1.82) is 0 Å². The fraction of sp³-hybridized carbons (Fsp3) is 0.333. The maximum absolute atomic E-state index is 11.6. The molecule has 0 spiro atoms. The van der Waals surface area contributed by atoms with Crippen molar-refractivity contribution < 1.29 is 14.3 Å². The van der Waals surface area contributed by atoms with Crippen LogP contribution in [0, 0.1) is 0 Å². The Morgan fingerprint density at radius 3 is 2.67 bits per heavy atom. The lowest BCUT2D eigenvalue weighted by Gasteiger charge is -2.02. The van der Waals surface area contributed by atoms with E-state index in [0.29, 0.717) is 17.7 Å². The van der Waals surface area contributed by atoms with Gasteiger partial charge in [-0.25, -0.2) is 0 Å². The molecule has 0 heterocycles.